The van der Waals surface area contributed by atoms with Crippen LogP contribution in [0.3, 0.4) is 0 Å². The third kappa shape index (κ3) is 3.53. The molecule has 3 heterocycles. The van der Waals surface area contributed by atoms with E-state index >= 15 is 0 Å². The molecule has 0 atom stereocenters. The van der Waals surface area contributed by atoms with Crippen molar-refractivity contribution in [1.82, 2.24) is 24.4 Å². The van der Waals surface area contributed by atoms with Crippen molar-refractivity contribution in [3.8, 4) is 11.4 Å². The Balaban J connectivity index is 1.58. The monoisotopic (exact) mass is 392 g/mol. The number of H-pyrrole nitrogens is 1. The van der Waals surface area contributed by atoms with Gasteiger partial charge in [0.25, 0.3) is 11.5 Å². The molecule has 0 saturated heterocycles. The van der Waals surface area contributed by atoms with Crippen LogP contribution in [0, 0.1) is 0 Å². The number of carbonyl (C=O) groups is 1. The van der Waals surface area contributed by atoms with E-state index in [-0.39, 0.29) is 11.5 Å². The van der Waals surface area contributed by atoms with Crippen molar-refractivity contribution in [2.24, 2.45) is 7.05 Å². The highest BCUT2D eigenvalue weighted by Gasteiger charge is 2.25. The first-order valence-electron chi connectivity index (χ1n) is 9.61. The number of nitrogens with zero attached hydrogens (tertiary/aromatic N) is 5. The molecule has 1 aliphatic heterocycles. The van der Waals surface area contributed by atoms with Crippen LogP contribution in [0.25, 0.3) is 11.4 Å². The van der Waals surface area contributed by atoms with E-state index in [2.05, 4.69) is 15.0 Å². The molecule has 0 radical (unpaired) electrons. The van der Waals surface area contributed by atoms with Gasteiger partial charge in [0, 0.05) is 51.8 Å². The lowest BCUT2D eigenvalue weighted by atomic mass is 10.1. The van der Waals surface area contributed by atoms with E-state index in [4.69, 9.17) is 0 Å². The van der Waals surface area contributed by atoms with Gasteiger partial charge in [-0.05, 0) is 6.42 Å². The molecule has 8 heteroatoms. The largest absolute Gasteiger partial charge is 0.348 e. The highest BCUT2D eigenvalue weighted by atomic mass is 16.2. The number of aromatic amines is 1. The number of anilines is 1. The Labute approximate surface area is 168 Å². The molecule has 0 unspecified atom stereocenters. The smallest absolute Gasteiger partial charge is 0.272 e. The average Bonchev–Trinajstić information content (AvgIpc) is 2.96. The van der Waals surface area contributed by atoms with Crippen LogP contribution in [0.5, 0.6) is 0 Å². The van der Waals surface area contributed by atoms with Crippen molar-refractivity contribution < 1.29 is 4.79 Å². The zero-order chi connectivity index (χ0) is 20.5. The second kappa shape index (κ2) is 7.54. The van der Waals surface area contributed by atoms with Crippen LogP contribution < -0.4 is 10.5 Å². The van der Waals surface area contributed by atoms with Crippen LogP contribution in [-0.2, 0) is 19.9 Å². The van der Waals surface area contributed by atoms with Gasteiger partial charge in [-0.2, -0.15) is 0 Å². The van der Waals surface area contributed by atoms with E-state index in [0.717, 1.165) is 17.1 Å². The Morgan fingerprint density at radius 1 is 1.14 bits per heavy atom. The lowest BCUT2D eigenvalue weighted by Crippen LogP contribution is -2.34. The second-order valence-corrected chi connectivity index (χ2v) is 7.39. The molecular weight excluding hydrogens is 368 g/mol. The SMILES string of the molecule is CN(C)c1nc2c(c(=O)[nH]1)CCN(C(=O)c1cnc(-c3ccccc3)n1C)CC2. The number of hydrogen-bond donors (Lipinski definition) is 1. The number of imidazole rings is 1. The molecule has 3 aromatic rings. The fraction of sp³-hybridized carbons (Fsp3) is 0.333. The minimum absolute atomic E-state index is 0.0840. The maximum Gasteiger partial charge on any atom is 0.272 e. The lowest BCUT2D eigenvalue weighted by Gasteiger charge is -2.20. The van der Waals surface area contributed by atoms with E-state index in [1.165, 1.54) is 0 Å². The molecular formula is C21H24N6O2. The number of rotatable bonds is 3. The van der Waals surface area contributed by atoms with Gasteiger partial charge in [-0.25, -0.2) is 9.97 Å². The summed E-state index contributed by atoms with van der Waals surface area (Å²) in [7, 11) is 5.53. The van der Waals surface area contributed by atoms with Crippen LogP contribution in [0.4, 0.5) is 5.95 Å². The van der Waals surface area contributed by atoms with Gasteiger partial charge in [-0.3, -0.25) is 14.6 Å². The zero-order valence-electron chi connectivity index (χ0n) is 16.8. The third-order valence-corrected chi connectivity index (χ3v) is 5.29. The molecule has 1 N–H and O–H groups in total. The van der Waals surface area contributed by atoms with Crippen molar-refractivity contribution in [2.45, 2.75) is 12.8 Å². The number of fused-ring (bicyclic) bond motifs is 1. The van der Waals surface area contributed by atoms with E-state index in [0.29, 0.717) is 43.1 Å². The molecule has 2 aromatic heterocycles. The Hall–Kier alpha value is -3.42. The number of amides is 1. The Bertz CT molecular complexity index is 1100. The van der Waals surface area contributed by atoms with E-state index < -0.39 is 0 Å². The van der Waals surface area contributed by atoms with Crippen LogP contribution in [0.1, 0.15) is 21.7 Å². The predicted octanol–water partition coefficient (Wildman–Crippen LogP) is 1.48. The number of hydrogen-bond acceptors (Lipinski definition) is 5. The summed E-state index contributed by atoms with van der Waals surface area (Å²) in [5, 5.41) is 0. The Morgan fingerprint density at radius 3 is 2.59 bits per heavy atom. The van der Waals surface area contributed by atoms with Gasteiger partial charge in [0.2, 0.25) is 5.95 Å². The maximum atomic E-state index is 13.2. The van der Waals surface area contributed by atoms with Crippen molar-refractivity contribution in [3.05, 3.63) is 63.8 Å². The summed E-state index contributed by atoms with van der Waals surface area (Å²) in [6, 6.07) is 9.79. The fourth-order valence-electron chi connectivity index (χ4n) is 3.64. The number of benzene rings is 1. The van der Waals surface area contributed by atoms with Crippen LogP contribution in [-0.4, -0.2) is 57.5 Å². The van der Waals surface area contributed by atoms with Crippen molar-refractivity contribution in [3.63, 3.8) is 0 Å². The molecule has 0 spiro atoms. The summed E-state index contributed by atoms with van der Waals surface area (Å²) in [4.78, 5) is 41.0. The van der Waals surface area contributed by atoms with Crippen molar-refractivity contribution >= 4 is 11.9 Å². The first kappa shape index (κ1) is 18.9. The molecule has 1 aliphatic rings. The fourth-order valence-corrected chi connectivity index (χ4v) is 3.64. The third-order valence-electron chi connectivity index (χ3n) is 5.29. The summed E-state index contributed by atoms with van der Waals surface area (Å²) in [5.41, 5.74) is 2.80. The molecule has 0 saturated carbocycles. The van der Waals surface area contributed by atoms with Gasteiger partial charge in [-0.15, -0.1) is 0 Å². The summed E-state index contributed by atoms with van der Waals surface area (Å²) >= 11 is 0. The van der Waals surface area contributed by atoms with Gasteiger partial charge in [0.15, 0.2) is 0 Å². The molecule has 0 aliphatic carbocycles. The lowest BCUT2D eigenvalue weighted by molar-refractivity contribution is 0.0753. The highest BCUT2D eigenvalue weighted by Crippen LogP contribution is 2.20. The van der Waals surface area contributed by atoms with E-state index in [1.807, 2.05) is 56.0 Å². The van der Waals surface area contributed by atoms with E-state index in [1.54, 1.807) is 16.0 Å². The number of aromatic nitrogens is 4. The summed E-state index contributed by atoms with van der Waals surface area (Å²) in [6.45, 7) is 0.991. The van der Waals surface area contributed by atoms with E-state index in [9.17, 15) is 9.59 Å². The molecule has 150 valence electrons. The first-order valence-corrected chi connectivity index (χ1v) is 9.61. The average molecular weight is 392 g/mol. The molecule has 0 fully saturated rings. The Morgan fingerprint density at radius 2 is 1.86 bits per heavy atom. The summed E-state index contributed by atoms with van der Waals surface area (Å²) in [6.07, 6.45) is 2.66. The summed E-state index contributed by atoms with van der Waals surface area (Å²) in [5.74, 6) is 1.20. The molecule has 29 heavy (non-hydrogen) atoms. The topological polar surface area (TPSA) is 87.1 Å². The minimum atomic E-state index is -0.125. The molecule has 8 nitrogen and oxygen atoms in total. The molecule has 1 aromatic carbocycles. The van der Waals surface area contributed by atoms with Crippen LogP contribution >= 0.6 is 0 Å². The summed E-state index contributed by atoms with van der Waals surface area (Å²) < 4.78 is 1.82. The zero-order valence-corrected chi connectivity index (χ0v) is 16.8. The second-order valence-electron chi connectivity index (χ2n) is 7.39. The standard InChI is InChI=1S/C21H24N6O2/c1-25(2)21-23-16-10-12-27(11-9-15(16)19(28)24-21)20(29)17-13-22-18(26(17)3)14-7-5-4-6-8-14/h4-8,13H,9-12H2,1-3H3,(H,23,24,28). The Kier molecular flexibility index (Phi) is 4.92. The first-order chi connectivity index (χ1) is 14.0. The molecule has 1 amide bonds. The van der Waals surface area contributed by atoms with Crippen LogP contribution in [0.15, 0.2) is 41.3 Å². The molecule has 4 rings (SSSR count). The minimum Gasteiger partial charge on any atom is -0.348 e. The number of carbonyl (C=O) groups excluding carboxylic acids is 1. The quantitative estimate of drug-likeness (QED) is 0.730. The van der Waals surface area contributed by atoms with Crippen LogP contribution in [0.2, 0.25) is 0 Å². The highest BCUT2D eigenvalue weighted by molar-refractivity contribution is 5.93. The van der Waals surface area contributed by atoms with Gasteiger partial charge in [0.1, 0.15) is 11.5 Å². The molecule has 0 bridgehead atoms. The number of nitrogens with one attached hydrogen (secondary N) is 1. The van der Waals surface area contributed by atoms with Gasteiger partial charge in [-0.1, -0.05) is 30.3 Å². The van der Waals surface area contributed by atoms with Gasteiger partial charge in [0.05, 0.1) is 11.9 Å². The van der Waals surface area contributed by atoms with Crippen molar-refractivity contribution in [2.75, 3.05) is 32.1 Å². The van der Waals surface area contributed by atoms with Gasteiger partial charge >= 0.3 is 0 Å². The van der Waals surface area contributed by atoms with Crippen molar-refractivity contribution in [1.29, 1.82) is 0 Å². The normalized spacial score (nSPS) is 13.7. The predicted molar refractivity (Wildman–Crippen MR) is 111 cm³/mol. The van der Waals surface area contributed by atoms with Gasteiger partial charge < -0.3 is 14.4 Å². The maximum absolute atomic E-state index is 13.2.